The first-order chi connectivity index (χ1) is 3.15. The number of thiol groups is 1. The van der Waals surface area contributed by atoms with Crippen molar-refractivity contribution in [3.63, 3.8) is 0 Å². The molecule has 0 aromatic rings. The summed E-state index contributed by atoms with van der Waals surface area (Å²) in [7, 11) is 0. The predicted octanol–water partition coefficient (Wildman–Crippen LogP) is -1.16. The highest BCUT2D eigenvalue weighted by molar-refractivity contribution is 7.80. The van der Waals surface area contributed by atoms with Crippen molar-refractivity contribution >= 4 is 12.6 Å². The van der Waals surface area contributed by atoms with E-state index in [-0.39, 0.29) is 0 Å². The zero-order chi connectivity index (χ0) is 5.49. The Morgan fingerprint density at radius 3 is 2.00 bits per heavy atom. The summed E-state index contributed by atoms with van der Waals surface area (Å²) in [6.45, 7) is 0. The molecule has 4 nitrogen and oxygen atoms in total. The van der Waals surface area contributed by atoms with E-state index in [4.69, 9.17) is 10.2 Å². The Kier molecular flexibility index (Phi) is 1.01. The SMILES string of the molecule is OC(S)C1(O)OO1. The van der Waals surface area contributed by atoms with E-state index >= 15 is 0 Å². The van der Waals surface area contributed by atoms with Crippen LogP contribution in [0.2, 0.25) is 0 Å². The van der Waals surface area contributed by atoms with Crippen LogP contribution in [0.3, 0.4) is 0 Å². The van der Waals surface area contributed by atoms with Crippen LogP contribution in [0.15, 0.2) is 0 Å². The van der Waals surface area contributed by atoms with Crippen LogP contribution in [0.4, 0.5) is 0 Å². The van der Waals surface area contributed by atoms with Gasteiger partial charge < -0.3 is 10.2 Å². The van der Waals surface area contributed by atoms with Crippen molar-refractivity contribution in [3.8, 4) is 0 Å². The third-order valence-corrected chi connectivity index (χ3v) is 0.907. The van der Waals surface area contributed by atoms with E-state index < -0.39 is 11.4 Å². The van der Waals surface area contributed by atoms with E-state index in [1.807, 2.05) is 0 Å². The molecule has 1 saturated heterocycles. The highest BCUT2D eigenvalue weighted by Crippen LogP contribution is 2.30. The lowest BCUT2D eigenvalue weighted by atomic mass is 10.6. The van der Waals surface area contributed by atoms with Crippen molar-refractivity contribution in [2.24, 2.45) is 0 Å². The van der Waals surface area contributed by atoms with Crippen LogP contribution in [-0.2, 0) is 9.78 Å². The van der Waals surface area contributed by atoms with E-state index in [0.717, 1.165) is 0 Å². The number of aliphatic hydroxyl groups is 2. The molecule has 1 unspecified atom stereocenters. The molecule has 0 radical (unpaired) electrons. The molecule has 1 aliphatic heterocycles. The molecule has 0 amide bonds. The molecule has 0 saturated carbocycles. The van der Waals surface area contributed by atoms with Gasteiger partial charge >= 0.3 is 5.97 Å². The second-order valence-corrected chi connectivity index (χ2v) is 1.66. The quantitative estimate of drug-likeness (QED) is 0.178. The standard InChI is InChI=1S/C2H4O4S/c3-1(7)2(4)5-6-2/h1,3-4,7H. The zero-order valence-corrected chi connectivity index (χ0v) is 4.13. The molecule has 0 spiro atoms. The van der Waals surface area contributed by atoms with E-state index in [1.54, 1.807) is 0 Å². The summed E-state index contributed by atoms with van der Waals surface area (Å²) in [5.41, 5.74) is -1.28. The summed E-state index contributed by atoms with van der Waals surface area (Å²) in [4.78, 5) is 7.77. The van der Waals surface area contributed by atoms with Crippen LogP contribution in [0.1, 0.15) is 0 Å². The van der Waals surface area contributed by atoms with Crippen molar-refractivity contribution in [2.75, 3.05) is 0 Å². The van der Waals surface area contributed by atoms with E-state index in [1.165, 1.54) is 0 Å². The minimum absolute atomic E-state index is 1.28. The minimum Gasteiger partial charge on any atom is -0.375 e. The molecule has 2 N–H and O–H groups in total. The molecule has 1 aliphatic rings. The first-order valence-electron chi connectivity index (χ1n) is 1.60. The molecule has 7 heavy (non-hydrogen) atoms. The second-order valence-electron chi connectivity index (χ2n) is 1.17. The maximum absolute atomic E-state index is 8.44. The molecule has 0 aromatic heterocycles. The summed E-state index contributed by atoms with van der Waals surface area (Å²) in [6.07, 6.45) is 0. The van der Waals surface area contributed by atoms with Crippen LogP contribution < -0.4 is 0 Å². The van der Waals surface area contributed by atoms with E-state index in [9.17, 15) is 0 Å². The summed E-state index contributed by atoms with van der Waals surface area (Å²) in [6, 6.07) is 0. The Balaban J connectivity index is 2.39. The Bertz CT molecular complexity index is 77.8. The van der Waals surface area contributed by atoms with Gasteiger partial charge in [-0.15, -0.1) is 12.6 Å². The normalized spacial score (nSPS) is 29.6. The van der Waals surface area contributed by atoms with E-state index in [0.29, 0.717) is 0 Å². The van der Waals surface area contributed by atoms with Crippen molar-refractivity contribution < 1.29 is 20.0 Å². The first kappa shape index (κ1) is 5.33. The molecule has 1 heterocycles. The van der Waals surface area contributed by atoms with Crippen LogP contribution in [0.5, 0.6) is 0 Å². The van der Waals surface area contributed by atoms with Crippen LogP contribution >= 0.6 is 12.6 Å². The number of rotatable bonds is 1. The fraction of sp³-hybridized carbons (Fsp3) is 1.00. The maximum Gasteiger partial charge on any atom is 0.372 e. The van der Waals surface area contributed by atoms with Gasteiger partial charge in [0.1, 0.15) is 0 Å². The van der Waals surface area contributed by atoms with Crippen molar-refractivity contribution in [3.05, 3.63) is 0 Å². The van der Waals surface area contributed by atoms with Gasteiger partial charge in [-0.1, -0.05) is 0 Å². The maximum atomic E-state index is 8.44. The summed E-state index contributed by atoms with van der Waals surface area (Å²) in [5, 5.41) is 16.8. The van der Waals surface area contributed by atoms with Gasteiger partial charge in [-0.2, -0.15) is 9.78 Å². The molecule has 1 fully saturated rings. The Hall–Kier alpha value is 0.190. The topological polar surface area (TPSA) is 65.5 Å². The highest BCUT2D eigenvalue weighted by atomic mass is 32.1. The highest BCUT2D eigenvalue weighted by Gasteiger charge is 2.53. The van der Waals surface area contributed by atoms with Crippen LogP contribution in [-0.4, -0.2) is 21.6 Å². The molecule has 5 heteroatoms. The average Bonchev–Trinajstić information content (AvgIpc) is 2.21. The number of hydrogen-bond acceptors (Lipinski definition) is 5. The molecule has 0 aliphatic carbocycles. The van der Waals surface area contributed by atoms with Gasteiger partial charge in [0.2, 0.25) is 0 Å². The second kappa shape index (κ2) is 1.33. The largest absolute Gasteiger partial charge is 0.375 e. The van der Waals surface area contributed by atoms with Crippen LogP contribution in [0, 0.1) is 0 Å². The fourth-order valence-corrected chi connectivity index (χ4v) is 0.215. The molecule has 1 atom stereocenters. The smallest absolute Gasteiger partial charge is 0.372 e. The molecular weight excluding hydrogens is 120 g/mol. The fourth-order valence-electron chi connectivity index (χ4n) is 0.129. The minimum atomic E-state index is -1.83. The van der Waals surface area contributed by atoms with Crippen LogP contribution in [0.25, 0.3) is 0 Å². The summed E-state index contributed by atoms with van der Waals surface area (Å²) >= 11 is 3.40. The number of aliphatic hydroxyl groups excluding tert-OH is 1. The van der Waals surface area contributed by atoms with Gasteiger partial charge in [0.05, 0.1) is 0 Å². The van der Waals surface area contributed by atoms with Gasteiger partial charge in [-0.3, -0.25) is 0 Å². The predicted molar refractivity (Wildman–Crippen MR) is 22.1 cm³/mol. The first-order valence-corrected chi connectivity index (χ1v) is 2.12. The monoisotopic (exact) mass is 124 g/mol. The Morgan fingerprint density at radius 1 is 1.57 bits per heavy atom. The zero-order valence-electron chi connectivity index (χ0n) is 3.24. The molecule has 42 valence electrons. The molecule has 0 bridgehead atoms. The third-order valence-electron chi connectivity index (χ3n) is 0.580. The lowest BCUT2D eigenvalue weighted by molar-refractivity contribution is -0.0398. The van der Waals surface area contributed by atoms with Gasteiger partial charge in [-0.25, -0.2) is 0 Å². The van der Waals surface area contributed by atoms with Gasteiger partial charge in [0.25, 0.3) is 0 Å². The summed E-state index contributed by atoms with van der Waals surface area (Å²) in [5.74, 6) is -1.83. The lowest BCUT2D eigenvalue weighted by Crippen LogP contribution is -2.22. The molecular formula is C2H4O4S. The van der Waals surface area contributed by atoms with Crippen molar-refractivity contribution in [1.29, 1.82) is 0 Å². The van der Waals surface area contributed by atoms with E-state index in [2.05, 4.69) is 22.4 Å². The number of hydrogen-bond donors (Lipinski definition) is 3. The molecule has 0 aromatic carbocycles. The third kappa shape index (κ3) is 0.868. The summed E-state index contributed by atoms with van der Waals surface area (Å²) < 4.78 is 0. The molecule has 1 rings (SSSR count). The van der Waals surface area contributed by atoms with Gasteiger partial charge in [0.15, 0.2) is 5.44 Å². The average molecular weight is 124 g/mol. The van der Waals surface area contributed by atoms with Gasteiger partial charge in [-0.05, 0) is 0 Å². The Labute approximate surface area is 45.0 Å². The van der Waals surface area contributed by atoms with Crippen molar-refractivity contribution in [1.82, 2.24) is 0 Å². The Morgan fingerprint density at radius 2 is 2.00 bits per heavy atom. The van der Waals surface area contributed by atoms with Crippen molar-refractivity contribution in [2.45, 2.75) is 11.4 Å². The lowest BCUT2D eigenvalue weighted by Gasteiger charge is -1.97. The van der Waals surface area contributed by atoms with Gasteiger partial charge in [0, 0.05) is 0 Å².